The third-order valence-electron chi connectivity index (χ3n) is 2.99. The molecule has 19 heavy (non-hydrogen) atoms. The fourth-order valence-corrected chi connectivity index (χ4v) is 1.75. The molecule has 4 N–H and O–H groups in total. The number of alkyl halides is 3. The molecular formula is C13H19F3N2O. The fourth-order valence-electron chi connectivity index (χ4n) is 1.75. The van der Waals surface area contributed by atoms with Crippen molar-refractivity contribution < 1.29 is 18.3 Å². The molecule has 1 aromatic carbocycles. The number of nitrogens with one attached hydrogen (secondary N) is 1. The van der Waals surface area contributed by atoms with Crippen LogP contribution in [0.2, 0.25) is 0 Å². The average molecular weight is 276 g/mol. The van der Waals surface area contributed by atoms with Gasteiger partial charge in [-0.3, -0.25) is 0 Å². The summed E-state index contributed by atoms with van der Waals surface area (Å²) in [6.07, 6.45) is -4.43. The first kappa shape index (κ1) is 15.8. The molecule has 0 aromatic heterocycles. The normalized spacial score (nSPS) is 13.7. The van der Waals surface area contributed by atoms with E-state index < -0.39 is 11.7 Å². The third-order valence-corrected chi connectivity index (χ3v) is 2.99. The average Bonchev–Trinajstić information content (AvgIpc) is 2.34. The maximum Gasteiger partial charge on any atom is 0.416 e. The number of aliphatic hydroxyl groups is 1. The highest BCUT2D eigenvalue weighted by Gasteiger charge is 2.33. The Morgan fingerprint density at radius 2 is 1.95 bits per heavy atom. The van der Waals surface area contributed by atoms with Crippen molar-refractivity contribution >= 4 is 5.69 Å². The van der Waals surface area contributed by atoms with E-state index in [9.17, 15) is 18.3 Å². The molecule has 0 saturated heterocycles. The molecule has 108 valence electrons. The Morgan fingerprint density at radius 3 is 2.37 bits per heavy atom. The number of hydrogen-bond donors (Lipinski definition) is 3. The van der Waals surface area contributed by atoms with Crippen LogP contribution in [0, 0.1) is 5.92 Å². The second kappa shape index (κ2) is 6.25. The molecule has 0 saturated carbocycles. The zero-order chi connectivity index (χ0) is 14.6. The maximum atomic E-state index is 12.9. The van der Waals surface area contributed by atoms with Crippen LogP contribution in [0.4, 0.5) is 18.9 Å². The fraction of sp³-hybridized carbons (Fsp3) is 0.538. The van der Waals surface area contributed by atoms with E-state index in [1.165, 1.54) is 6.07 Å². The van der Waals surface area contributed by atoms with Gasteiger partial charge in [-0.1, -0.05) is 19.9 Å². The minimum atomic E-state index is -4.43. The summed E-state index contributed by atoms with van der Waals surface area (Å²) in [6.45, 7) is 3.46. The summed E-state index contributed by atoms with van der Waals surface area (Å²) in [4.78, 5) is 0. The van der Waals surface area contributed by atoms with E-state index in [4.69, 9.17) is 5.73 Å². The molecule has 1 rings (SSSR count). The molecule has 0 bridgehead atoms. The maximum absolute atomic E-state index is 12.9. The summed E-state index contributed by atoms with van der Waals surface area (Å²) < 4.78 is 38.6. The monoisotopic (exact) mass is 276 g/mol. The van der Waals surface area contributed by atoms with Crippen molar-refractivity contribution in [3.8, 4) is 0 Å². The first-order valence-electron chi connectivity index (χ1n) is 6.07. The molecule has 0 aliphatic rings. The first-order chi connectivity index (χ1) is 8.79. The number of rotatable bonds is 5. The van der Waals surface area contributed by atoms with Crippen LogP contribution in [0.3, 0.4) is 0 Å². The van der Waals surface area contributed by atoms with E-state index >= 15 is 0 Å². The molecule has 6 heteroatoms. The van der Waals surface area contributed by atoms with Crippen LogP contribution in [0.1, 0.15) is 25.0 Å². The Morgan fingerprint density at radius 1 is 1.32 bits per heavy atom. The first-order valence-corrected chi connectivity index (χ1v) is 6.07. The van der Waals surface area contributed by atoms with Gasteiger partial charge in [-0.15, -0.1) is 0 Å². The quantitative estimate of drug-likeness (QED) is 0.774. The van der Waals surface area contributed by atoms with Crippen molar-refractivity contribution in [2.45, 2.75) is 32.6 Å². The highest BCUT2D eigenvalue weighted by Crippen LogP contribution is 2.34. The molecule has 1 aromatic rings. The molecule has 0 aliphatic carbocycles. The van der Waals surface area contributed by atoms with Crippen LogP contribution < -0.4 is 11.1 Å². The molecule has 1 atom stereocenters. The molecule has 0 radical (unpaired) electrons. The van der Waals surface area contributed by atoms with Gasteiger partial charge in [-0.05, 0) is 23.6 Å². The van der Waals surface area contributed by atoms with E-state index in [2.05, 4.69) is 5.32 Å². The number of nitrogens with two attached hydrogens (primary N) is 1. The van der Waals surface area contributed by atoms with E-state index in [0.717, 1.165) is 6.07 Å². The molecule has 0 amide bonds. The lowest BCUT2D eigenvalue weighted by Crippen LogP contribution is -2.29. The van der Waals surface area contributed by atoms with E-state index in [-0.39, 0.29) is 30.7 Å². The van der Waals surface area contributed by atoms with E-state index in [1.54, 1.807) is 6.07 Å². The van der Waals surface area contributed by atoms with E-state index in [0.29, 0.717) is 5.69 Å². The highest BCUT2D eigenvalue weighted by atomic mass is 19.4. The molecule has 0 heterocycles. The minimum absolute atomic E-state index is 0.0585. The van der Waals surface area contributed by atoms with Crippen molar-refractivity contribution in [3.05, 3.63) is 29.3 Å². The van der Waals surface area contributed by atoms with Crippen LogP contribution in [0.15, 0.2) is 18.2 Å². The van der Waals surface area contributed by atoms with E-state index in [1.807, 2.05) is 13.8 Å². The predicted octanol–water partition coefficient (Wildman–Crippen LogP) is 2.59. The molecule has 0 aliphatic heterocycles. The predicted molar refractivity (Wildman–Crippen MR) is 68.7 cm³/mol. The van der Waals surface area contributed by atoms with Gasteiger partial charge in [0.15, 0.2) is 0 Å². The SMILES string of the molecule is CC(C)[C@@H](CO)Nc1ccc(CN)c(C(F)(F)F)c1. The minimum Gasteiger partial charge on any atom is -0.394 e. The van der Waals surface area contributed by atoms with Crippen molar-refractivity contribution in [2.75, 3.05) is 11.9 Å². The molecule has 3 nitrogen and oxygen atoms in total. The van der Waals surface area contributed by atoms with Crippen LogP contribution in [0.5, 0.6) is 0 Å². The molecule has 0 spiro atoms. The van der Waals surface area contributed by atoms with Gasteiger partial charge in [0.25, 0.3) is 0 Å². The van der Waals surface area contributed by atoms with Crippen LogP contribution in [0.25, 0.3) is 0 Å². The summed E-state index contributed by atoms with van der Waals surface area (Å²) in [5.74, 6) is 0.105. The lowest BCUT2D eigenvalue weighted by molar-refractivity contribution is -0.138. The van der Waals surface area contributed by atoms with Crippen LogP contribution >= 0.6 is 0 Å². The standard InChI is InChI=1S/C13H19F3N2O/c1-8(2)12(7-19)18-10-4-3-9(6-17)11(5-10)13(14,15)16/h3-5,8,12,18-19H,6-7,17H2,1-2H3/t12-/m1/s1. The van der Waals surface area contributed by atoms with Crippen molar-refractivity contribution in [2.24, 2.45) is 11.7 Å². The van der Waals surface area contributed by atoms with Gasteiger partial charge in [0, 0.05) is 12.2 Å². The number of aliphatic hydroxyl groups excluding tert-OH is 1. The van der Waals surface area contributed by atoms with Gasteiger partial charge in [-0.25, -0.2) is 0 Å². The van der Waals surface area contributed by atoms with Gasteiger partial charge < -0.3 is 16.2 Å². The Hall–Kier alpha value is -1.27. The lowest BCUT2D eigenvalue weighted by Gasteiger charge is -2.22. The van der Waals surface area contributed by atoms with Crippen LogP contribution in [-0.4, -0.2) is 17.8 Å². The Bertz CT molecular complexity index is 419. The summed E-state index contributed by atoms with van der Waals surface area (Å²) in [7, 11) is 0. The number of halogens is 3. The molecule has 0 fully saturated rings. The lowest BCUT2D eigenvalue weighted by atomic mass is 10.0. The second-order valence-electron chi connectivity index (χ2n) is 4.75. The zero-order valence-corrected chi connectivity index (χ0v) is 11.0. The van der Waals surface area contributed by atoms with Gasteiger partial charge in [0.2, 0.25) is 0 Å². The Labute approximate surface area is 110 Å². The number of hydrogen-bond acceptors (Lipinski definition) is 3. The van der Waals surface area contributed by atoms with Crippen molar-refractivity contribution in [1.29, 1.82) is 0 Å². The van der Waals surface area contributed by atoms with Gasteiger partial charge in [0.05, 0.1) is 18.2 Å². The third kappa shape index (κ3) is 4.11. The largest absolute Gasteiger partial charge is 0.416 e. The van der Waals surface area contributed by atoms with Gasteiger partial charge in [-0.2, -0.15) is 13.2 Å². The van der Waals surface area contributed by atoms with Gasteiger partial charge in [0.1, 0.15) is 0 Å². The van der Waals surface area contributed by atoms with Crippen LogP contribution in [-0.2, 0) is 12.7 Å². The zero-order valence-electron chi connectivity index (χ0n) is 11.0. The van der Waals surface area contributed by atoms with Crippen molar-refractivity contribution in [1.82, 2.24) is 0 Å². The Kier molecular flexibility index (Phi) is 5.20. The molecule has 0 unspecified atom stereocenters. The molecular weight excluding hydrogens is 257 g/mol. The number of anilines is 1. The van der Waals surface area contributed by atoms with Gasteiger partial charge >= 0.3 is 6.18 Å². The number of benzene rings is 1. The summed E-state index contributed by atoms with van der Waals surface area (Å²) in [5, 5.41) is 12.1. The topological polar surface area (TPSA) is 58.3 Å². The highest BCUT2D eigenvalue weighted by molar-refractivity contribution is 5.50. The summed E-state index contributed by atoms with van der Waals surface area (Å²) in [6, 6.07) is 3.65. The second-order valence-corrected chi connectivity index (χ2v) is 4.75. The summed E-state index contributed by atoms with van der Waals surface area (Å²) in [5.41, 5.74) is 4.97. The smallest absolute Gasteiger partial charge is 0.394 e. The van der Waals surface area contributed by atoms with Crippen molar-refractivity contribution in [3.63, 3.8) is 0 Å². The Balaban J connectivity index is 3.05. The summed E-state index contributed by atoms with van der Waals surface area (Å²) >= 11 is 0.